The van der Waals surface area contributed by atoms with E-state index in [-0.39, 0.29) is 34.1 Å². The highest BCUT2D eigenvalue weighted by Crippen LogP contribution is 2.28. The Morgan fingerprint density at radius 1 is 1.10 bits per heavy atom. The smallest absolute Gasteiger partial charge is 0.256 e. The minimum Gasteiger partial charge on any atom is -0.384 e. The highest BCUT2D eigenvalue weighted by Gasteiger charge is 2.26. The number of nitrogens with one attached hydrogen (secondary N) is 1. The first-order valence-corrected chi connectivity index (χ1v) is 11.1. The van der Waals surface area contributed by atoms with Gasteiger partial charge in [0.1, 0.15) is 5.82 Å². The third-order valence-corrected chi connectivity index (χ3v) is 6.08. The number of amides is 1. The zero-order chi connectivity index (χ0) is 22.0. The van der Waals surface area contributed by atoms with Gasteiger partial charge in [-0.2, -0.15) is 5.10 Å². The van der Waals surface area contributed by atoms with Gasteiger partial charge in [-0.3, -0.25) is 4.79 Å². The molecule has 0 atom stereocenters. The van der Waals surface area contributed by atoms with Crippen molar-refractivity contribution in [1.29, 1.82) is 0 Å². The number of carbonyl (C=O) groups is 1. The van der Waals surface area contributed by atoms with Crippen molar-refractivity contribution in [3.8, 4) is 0 Å². The number of nitrogens with zero attached hydrogens (tertiary/aromatic N) is 2. The maximum atomic E-state index is 12.8. The van der Waals surface area contributed by atoms with Crippen LogP contribution in [0, 0.1) is 0 Å². The van der Waals surface area contributed by atoms with Gasteiger partial charge < -0.3 is 10.1 Å². The lowest BCUT2D eigenvalue weighted by Gasteiger charge is -2.23. The SMILES string of the molecule is COCCS(=O)(=O)c1ccc(C(=O)Nc2cc(C(C)(C)C)nn2C(C)(C)C)cc1. The first-order chi connectivity index (χ1) is 13.3. The van der Waals surface area contributed by atoms with Gasteiger partial charge in [0, 0.05) is 24.2 Å². The molecule has 2 aromatic rings. The zero-order valence-corrected chi connectivity index (χ0v) is 19.1. The zero-order valence-electron chi connectivity index (χ0n) is 18.2. The summed E-state index contributed by atoms with van der Waals surface area (Å²) in [6.07, 6.45) is 0. The summed E-state index contributed by atoms with van der Waals surface area (Å²) >= 11 is 0. The van der Waals surface area contributed by atoms with E-state index in [1.165, 1.54) is 31.4 Å². The van der Waals surface area contributed by atoms with Crippen molar-refractivity contribution < 1.29 is 17.9 Å². The molecule has 1 N–H and O–H groups in total. The van der Waals surface area contributed by atoms with E-state index in [1.807, 2.05) is 26.8 Å². The normalized spacial score (nSPS) is 12.8. The van der Waals surface area contributed by atoms with Crippen LogP contribution in [-0.2, 0) is 25.5 Å². The summed E-state index contributed by atoms with van der Waals surface area (Å²) in [5.41, 5.74) is 0.775. The Bertz CT molecular complexity index is 963. The Hall–Kier alpha value is -2.19. The number of hydrogen-bond donors (Lipinski definition) is 1. The van der Waals surface area contributed by atoms with Gasteiger partial charge in [-0.25, -0.2) is 13.1 Å². The minimum atomic E-state index is -3.43. The first-order valence-electron chi connectivity index (χ1n) is 9.50. The van der Waals surface area contributed by atoms with E-state index in [0.29, 0.717) is 11.4 Å². The molecule has 0 radical (unpaired) electrons. The predicted molar refractivity (Wildman–Crippen MR) is 114 cm³/mol. The van der Waals surface area contributed by atoms with Gasteiger partial charge in [0.15, 0.2) is 9.84 Å². The van der Waals surface area contributed by atoms with Crippen molar-refractivity contribution in [2.45, 2.75) is 57.4 Å². The molecule has 0 aliphatic heterocycles. The molecule has 0 saturated carbocycles. The van der Waals surface area contributed by atoms with Crippen LogP contribution in [0.2, 0.25) is 0 Å². The van der Waals surface area contributed by atoms with Crippen LogP contribution in [0.4, 0.5) is 5.82 Å². The predicted octanol–water partition coefficient (Wildman–Crippen LogP) is 3.61. The van der Waals surface area contributed by atoms with Crippen LogP contribution in [0.3, 0.4) is 0 Å². The highest BCUT2D eigenvalue weighted by atomic mass is 32.2. The van der Waals surface area contributed by atoms with E-state index in [2.05, 4.69) is 31.2 Å². The molecule has 0 saturated heterocycles. The lowest BCUT2D eigenvalue weighted by Crippen LogP contribution is -2.27. The van der Waals surface area contributed by atoms with Gasteiger partial charge in [0.25, 0.3) is 5.91 Å². The quantitative estimate of drug-likeness (QED) is 0.769. The number of rotatable bonds is 6. The number of anilines is 1. The average Bonchev–Trinajstić information content (AvgIpc) is 3.04. The van der Waals surface area contributed by atoms with Crippen LogP contribution in [0.1, 0.15) is 57.6 Å². The second-order valence-corrected chi connectivity index (χ2v) is 11.1. The van der Waals surface area contributed by atoms with E-state index in [9.17, 15) is 13.2 Å². The summed E-state index contributed by atoms with van der Waals surface area (Å²) in [4.78, 5) is 12.9. The molecule has 2 rings (SSSR count). The fourth-order valence-electron chi connectivity index (χ4n) is 2.66. The summed E-state index contributed by atoms with van der Waals surface area (Å²) in [7, 11) is -1.98. The largest absolute Gasteiger partial charge is 0.384 e. The van der Waals surface area contributed by atoms with Crippen LogP contribution < -0.4 is 5.32 Å². The van der Waals surface area contributed by atoms with Gasteiger partial charge >= 0.3 is 0 Å². The van der Waals surface area contributed by atoms with Crippen molar-refractivity contribution in [1.82, 2.24) is 9.78 Å². The van der Waals surface area contributed by atoms with Crippen molar-refractivity contribution in [2.75, 3.05) is 24.8 Å². The van der Waals surface area contributed by atoms with Crippen LogP contribution >= 0.6 is 0 Å². The molecule has 1 aromatic heterocycles. The number of methoxy groups -OCH3 is 1. The molecule has 1 aromatic carbocycles. The van der Waals surface area contributed by atoms with E-state index in [4.69, 9.17) is 4.74 Å². The number of sulfone groups is 1. The van der Waals surface area contributed by atoms with Crippen LogP contribution in [-0.4, -0.2) is 43.6 Å². The van der Waals surface area contributed by atoms with E-state index < -0.39 is 9.84 Å². The fourth-order valence-corrected chi connectivity index (χ4v) is 3.83. The molecule has 0 aliphatic rings. The van der Waals surface area contributed by atoms with Gasteiger partial charge in [-0.05, 0) is 45.0 Å². The molecule has 7 nitrogen and oxygen atoms in total. The topological polar surface area (TPSA) is 90.3 Å². The molecule has 1 heterocycles. The van der Waals surface area contributed by atoms with Gasteiger partial charge in [0.2, 0.25) is 0 Å². The van der Waals surface area contributed by atoms with E-state index in [1.54, 1.807) is 4.68 Å². The van der Waals surface area contributed by atoms with Crippen LogP contribution in [0.15, 0.2) is 35.2 Å². The molecule has 1 amide bonds. The lowest BCUT2D eigenvalue weighted by molar-refractivity contribution is 0.102. The Morgan fingerprint density at radius 3 is 2.17 bits per heavy atom. The third-order valence-electron chi connectivity index (χ3n) is 4.39. The third kappa shape index (κ3) is 5.67. The lowest BCUT2D eigenvalue weighted by atomic mass is 9.92. The Labute approximate surface area is 173 Å². The highest BCUT2D eigenvalue weighted by molar-refractivity contribution is 7.91. The molecular formula is C21H31N3O4S. The Balaban J connectivity index is 2.28. The Morgan fingerprint density at radius 2 is 1.69 bits per heavy atom. The maximum absolute atomic E-state index is 12.8. The van der Waals surface area contributed by atoms with Crippen molar-refractivity contribution in [2.24, 2.45) is 0 Å². The van der Waals surface area contributed by atoms with Crippen LogP contribution in [0.5, 0.6) is 0 Å². The molecule has 29 heavy (non-hydrogen) atoms. The average molecular weight is 422 g/mol. The maximum Gasteiger partial charge on any atom is 0.256 e. The fraction of sp³-hybridized carbons (Fsp3) is 0.524. The number of benzene rings is 1. The van der Waals surface area contributed by atoms with Gasteiger partial charge in [0.05, 0.1) is 28.5 Å². The summed E-state index contributed by atoms with van der Waals surface area (Å²) in [6.45, 7) is 12.4. The number of aromatic nitrogens is 2. The van der Waals surface area contributed by atoms with E-state index in [0.717, 1.165) is 5.69 Å². The second kappa shape index (κ2) is 8.28. The summed E-state index contributed by atoms with van der Waals surface area (Å²) in [5, 5.41) is 7.60. The summed E-state index contributed by atoms with van der Waals surface area (Å²) in [5.74, 6) is 0.177. The molecule has 0 unspecified atom stereocenters. The second-order valence-electron chi connectivity index (χ2n) is 9.04. The molecular weight excluding hydrogens is 390 g/mol. The van der Waals surface area contributed by atoms with Crippen LogP contribution in [0.25, 0.3) is 0 Å². The van der Waals surface area contributed by atoms with Crippen molar-refractivity contribution >= 4 is 21.6 Å². The molecule has 0 fully saturated rings. The molecule has 0 bridgehead atoms. The number of carbonyl (C=O) groups excluding carboxylic acids is 1. The molecule has 0 aliphatic carbocycles. The van der Waals surface area contributed by atoms with Crippen molar-refractivity contribution in [3.63, 3.8) is 0 Å². The Kier molecular flexibility index (Phi) is 6.59. The summed E-state index contributed by atoms with van der Waals surface area (Å²) < 4.78 is 31.1. The number of ether oxygens (including phenoxy) is 1. The monoisotopic (exact) mass is 421 g/mol. The van der Waals surface area contributed by atoms with Gasteiger partial charge in [-0.1, -0.05) is 20.8 Å². The summed E-state index contributed by atoms with van der Waals surface area (Å²) in [6, 6.07) is 7.80. The van der Waals surface area contributed by atoms with Gasteiger partial charge in [-0.15, -0.1) is 0 Å². The minimum absolute atomic E-state index is 0.102. The van der Waals surface area contributed by atoms with Crippen molar-refractivity contribution in [3.05, 3.63) is 41.6 Å². The number of hydrogen-bond acceptors (Lipinski definition) is 5. The standard InChI is InChI=1S/C21H31N3O4S/c1-20(2,3)17-14-18(24(23-17)21(4,5)6)22-19(25)15-8-10-16(11-9-15)29(26,27)13-12-28-7/h8-11,14H,12-13H2,1-7H3,(H,22,25). The van der Waals surface area contributed by atoms with E-state index >= 15 is 0 Å². The molecule has 8 heteroatoms. The molecule has 160 valence electrons. The molecule has 0 spiro atoms. The first kappa shape index (κ1) is 23.1.